The fourth-order valence-electron chi connectivity index (χ4n) is 6.68. The average molecular weight is 703 g/mol. The molecule has 258 valence electrons. The number of hydrogen-bond donors (Lipinski definition) is 3. The van der Waals surface area contributed by atoms with Crippen molar-refractivity contribution in [3.05, 3.63) is 53.8 Å². The Hall–Kier alpha value is -2.92. The van der Waals surface area contributed by atoms with Gasteiger partial charge in [0.2, 0.25) is 10.0 Å². The highest BCUT2D eigenvalue weighted by Gasteiger charge is 2.55. The largest absolute Gasteiger partial charge is 0.441 e. The number of ether oxygens (including phenoxy) is 4. The van der Waals surface area contributed by atoms with Gasteiger partial charge >= 0.3 is 6.09 Å². The van der Waals surface area contributed by atoms with Crippen LogP contribution >= 0.6 is 11.3 Å². The van der Waals surface area contributed by atoms with Crippen molar-refractivity contribution < 1.29 is 41.7 Å². The van der Waals surface area contributed by atoms with E-state index < -0.39 is 52.6 Å². The molecule has 5 aliphatic rings. The SMILES string of the molecule is CC1(CN(CC(O)C(Cc2ccc(F)cc2)NC(=O)OC2C3COC4OC2CC4O3)S(=O)(=O)c2ccc3nc(NC4CC4)sc3c2)CC1. The molecule has 5 fully saturated rings. The number of alkyl carbamates (subject to hydrolysis) is 1. The molecule has 1 aromatic heterocycles. The summed E-state index contributed by atoms with van der Waals surface area (Å²) in [6.07, 6.45) is 0.202. The fourth-order valence-corrected chi connectivity index (χ4v) is 9.37. The van der Waals surface area contributed by atoms with Gasteiger partial charge in [0, 0.05) is 25.6 Å². The van der Waals surface area contributed by atoms with E-state index in [-0.39, 0.29) is 48.6 Å². The van der Waals surface area contributed by atoms with Crippen LogP contribution in [0.1, 0.15) is 44.6 Å². The molecular weight excluding hydrogens is 664 g/mol. The first kappa shape index (κ1) is 32.3. The summed E-state index contributed by atoms with van der Waals surface area (Å²) < 4.78 is 67.6. The summed E-state index contributed by atoms with van der Waals surface area (Å²) in [6, 6.07) is 10.1. The van der Waals surface area contributed by atoms with Crippen LogP contribution in [-0.4, -0.2) is 97.5 Å². The molecule has 15 heteroatoms. The standard InChI is InChI=1S/C33H39FN4O8S2/c1-33(10-11-33)17-38(48(41,42)21-8-9-22-28(13-21)47-31(36-22)35-20-6-7-20)15-24(39)23(12-18-2-4-19(34)5-3-18)37-32(40)46-29-25-14-26-30(45-25)43-16-27(29)44-26/h2-5,8-9,13,20,23-27,29-30,39H,6-7,10-12,14-17H2,1H3,(H,35,36)(H,37,40). The molecule has 12 nitrogen and oxygen atoms in total. The Morgan fingerprint density at radius 1 is 1.17 bits per heavy atom. The number of rotatable bonds is 13. The number of nitrogens with one attached hydrogen (secondary N) is 2. The van der Waals surface area contributed by atoms with Gasteiger partial charge in [-0.15, -0.1) is 0 Å². The van der Waals surface area contributed by atoms with Crippen molar-refractivity contribution in [3.63, 3.8) is 0 Å². The van der Waals surface area contributed by atoms with Gasteiger partial charge in [-0.25, -0.2) is 22.6 Å². The molecule has 3 aromatic rings. The Balaban J connectivity index is 1.02. The topological polar surface area (TPSA) is 149 Å². The molecule has 3 saturated heterocycles. The van der Waals surface area contributed by atoms with Gasteiger partial charge in [0.1, 0.15) is 24.1 Å². The number of carbonyl (C=O) groups is 1. The van der Waals surface area contributed by atoms with Gasteiger partial charge in [0.05, 0.1) is 33.9 Å². The van der Waals surface area contributed by atoms with E-state index in [1.165, 1.54) is 27.8 Å². The molecule has 1 amide bonds. The van der Waals surface area contributed by atoms with Crippen LogP contribution in [0.5, 0.6) is 0 Å². The molecule has 2 aromatic carbocycles. The number of benzene rings is 2. The quantitative estimate of drug-likeness (QED) is 0.240. The average Bonchev–Trinajstić information content (AvgIpc) is 3.95. The number of thiazole rings is 1. The summed E-state index contributed by atoms with van der Waals surface area (Å²) in [7, 11) is -4.07. The molecule has 4 heterocycles. The summed E-state index contributed by atoms with van der Waals surface area (Å²) in [6.45, 7) is 2.18. The van der Waals surface area contributed by atoms with Gasteiger partial charge in [-0.3, -0.25) is 0 Å². The predicted octanol–water partition coefficient (Wildman–Crippen LogP) is 3.78. The molecule has 3 bridgehead atoms. The number of halogens is 1. The lowest BCUT2D eigenvalue weighted by Crippen LogP contribution is -2.55. The van der Waals surface area contributed by atoms with E-state index in [2.05, 4.69) is 15.6 Å². The summed E-state index contributed by atoms with van der Waals surface area (Å²) in [5.41, 5.74) is 1.14. The smallest absolute Gasteiger partial charge is 0.407 e. The second kappa shape index (κ2) is 12.4. The first-order valence-corrected chi connectivity index (χ1v) is 18.8. The molecular formula is C33H39FN4O8S2. The monoisotopic (exact) mass is 702 g/mol. The Morgan fingerprint density at radius 3 is 2.71 bits per heavy atom. The third kappa shape index (κ3) is 6.78. The number of aromatic nitrogens is 1. The lowest BCUT2D eigenvalue weighted by atomic mass is 9.99. The molecule has 3 aliphatic heterocycles. The number of amides is 1. The van der Waals surface area contributed by atoms with E-state index in [4.69, 9.17) is 18.9 Å². The highest BCUT2D eigenvalue weighted by molar-refractivity contribution is 7.89. The van der Waals surface area contributed by atoms with Crippen LogP contribution in [0, 0.1) is 11.2 Å². The maximum Gasteiger partial charge on any atom is 0.407 e. The van der Waals surface area contributed by atoms with Crippen LogP contribution in [0.4, 0.5) is 14.3 Å². The highest BCUT2D eigenvalue weighted by Crippen LogP contribution is 2.46. The van der Waals surface area contributed by atoms with Gasteiger partial charge in [-0.05, 0) is 73.4 Å². The zero-order valence-electron chi connectivity index (χ0n) is 26.4. The zero-order valence-corrected chi connectivity index (χ0v) is 28.1. The minimum Gasteiger partial charge on any atom is -0.441 e. The molecule has 0 radical (unpaired) electrons. The summed E-state index contributed by atoms with van der Waals surface area (Å²) in [5, 5.41) is 18.6. The second-order valence-electron chi connectivity index (χ2n) is 14.0. The number of sulfonamides is 1. The third-order valence-electron chi connectivity index (χ3n) is 9.92. The van der Waals surface area contributed by atoms with E-state index in [9.17, 15) is 22.7 Å². The van der Waals surface area contributed by atoms with Gasteiger partial charge in [-0.2, -0.15) is 4.31 Å². The van der Waals surface area contributed by atoms with Crippen molar-refractivity contribution >= 4 is 42.8 Å². The van der Waals surface area contributed by atoms with E-state index in [0.717, 1.165) is 35.5 Å². The van der Waals surface area contributed by atoms with Crippen molar-refractivity contribution in [2.24, 2.45) is 5.41 Å². The maximum atomic E-state index is 14.3. The fraction of sp³-hybridized carbons (Fsp3) is 0.576. The van der Waals surface area contributed by atoms with Crippen molar-refractivity contribution in [1.29, 1.82) is 0 Å². The first-order valence-electron chi connectivity index (χ1n) is 16.5. The molecule has 48 heavy (non-hydrogen) atoms. The zero-order chi connectivity index (χ0) is 33.2. The molecule has 3 N–H and O–H groups in total. The van der Waals surface area contributed by atoms with Crippen LogP contribution in [0.15, 0.2) is 47.4 Å². The molecule has 2 aliphatic carbocycles. The normalized spacial score (nSPS) is 28.4. The summed E-state index contributed by atoms with van der Waals surface area (Å²) >= 11 is 1.42. The minimum atomic E-state index is -4.07. The lowest BCUT2D eigenvalue weighted by Gasteiger charge is -2.37. The van der Waals surface area contributed by atoms with Gasteiger partial charge in [0.25, 0.3) is 0 Å². The van der Waals surface area contributed by atoms with Crippen molar-refractivity contribution in [2.45, 2.75) is 99.2 Å². The molecule has 7 atom stereocenters. The molecule has 0 spiro atoms. The summed E-state index contributed by atoms with van der Waals surface area (Å²) in [5.74, 6) is -0.421. The van der Waals surface area contributed by atoms with Gasteiger partial charge in [0.15, 0.2) is 17.5 Å². The number of fused-ring (bicyclic) bond motifs is 3. The van der Waals surface area contributed by atoms with Crippen molar-refractivity contribution in [3.8, 4) is 0 Å². The number of nitrogens with zero attached hydrogens (tertiary/aromatic N) is 2. The molecule has 7 unspecified atom stereocenters. The van der Waals surface area contributed by atoms with Crippen LogP contribution in [-0.2, 0) is 35.4 Å². The van der Waals surface area contributed by atoms with E-state index >= 15 is 0 Å². The van der Waals surface area contributed by atoms with E-state index in [0.29, 0.717) is 23.5 Å². The van der Waals surface area contributed by atoms with E-state index in [1.54, 1.807) is 30.3 Å². The molecule has 8 rings (SSSR count). The summed E-state index contributed by atoms with van der Waals surface area (Å²) in [4.78, 5) is 18.1. The van der Waals surface area contributed by atoms with Gasteiger partial charge < -0.3 is 34.7 Å². The number of anilines is 1. The van der Waals surface area contributed by atoms with Crippen molar-refractivity contribution in [1.82, 2.24) is 14.6 Å². The number of hydrogen-bond acceptors (Lipinski definition) is 11. The van der Waals surface area contributed by atoms with Crippen LogP contribution < -0.4 is 10.6 Å². The third-order valence-corrected chi connectivity index (χ3v) is 12.7. The minimum absolute atomic E-state index is 0.100. The van der Waals surface area contributed by atoms with Crippen LogP contribution in [0.3, 0.4) is 0 Å². The second-order valence-corrected chi connectivity index (χ2v) is 17.0. The number of carbonyl (C=O) groups excluding carboxylic acids is 1. The number of aliphatic hydroxyl groups is 1. The Morgan fingerprint density at radius 2 is 1.96 bits per heavy atom. The lowest BCUT2D eigenvalue weighted by molar-refractivity contribution is -0.226. The highest BCUT2D eigenvalue weighted by atomic mass is 32.2. The Kier molecular flexibility index (Phi) is 8.37. The van der Waals surface area contributed by atoms with Crippen molar-refractivity contribution in [2.75, 3.05) is 25.0 Å². The van der Waals surface area contributed by atoms with Crippen LogP contribution in [0.25, 0.3) is 10.2 Å². The van der Waals surface area contributed by atoms with E-state index in [1.807, 2.05) is 6.92 Å². The predicted molar refractivity (Wildman–Crippen MR) is 174 cm³/mol. The number of aliphatic hydroxyl groups excluding tert-OH is 1. The first-order chi connectivity index (χ1) is 23.0. The van der Waals surface area contributed by atoms with Crippen LogP contribution in [0.2, 0.25) is 0 Å². The van der Waals surface area contributed by atoms with Gasteiger partial charge in [-0.1, -0.05) is 30.4 Å². The Bertz CT molecular complexity index is 1780. The maximum absolute atomic E-state index is 14.3. The molecule has 2 saturated carbocycles. The Labute approximate surface area is 281 Å².